The summed E-state index contributed by atoms with van der Waals surface area (Å²) in [7, 11) is 1.67. The van der Waals surface area contributed by atoms with Gasteiger partial charge in [0.1, 0.15) is 5.75 Å². The molecule has 5 heteroatoms. The van der Waals surface area contributed by atoms with Crippen LogP contribution in [0.15, 0.2) is 28.8 Å². The number of aryl methyl sites for hydroxylation is 1. The van der Waals surface area contributed by atoms with Gasteiger partial charge in [-0.2, -0.15) is 4.98 Å². The van der Waals surface area contributed by atoms with Crippen LogP contribution < -0.4 is 10.1 Å². The highest BCUT2D eigenvalue weighted by molar-refractivity contribution is 5.55. The number of rotatable bonds is 9. The molecular weight excluding hydrogens is 362 g/mol. The number of unbranched alkanes of at least 4 members (excludes halogenated alkanes) is 2. The van der Waals surface area contributed by atoms with Crippen LogP contribution in [0.3, 0.4) is 0 Å². The van der Waals surface area contributed by atoms with E-state index in [0.29, 0.717) is 5.82 Å². The molecule has 5 nitrogen and oxygen atoms in total. The van der Waals surface area contributed by atoms with Crippen molar-refractivity contribution in [2.75, 3.05) is 13.7 Å². The molecule has 3 aliphatic rings. The first-order chi connectivity index (χ1) is 14.3. The molecule has 3 fully saturated rings. The monoisotopic (exact) mass is 395 g/mol. The summed E-state index contributed by atoms with van der Waals surface area (Å²) in [4.78, 5) is 4.54. The van der Waals surface area contributed by atoms with Crippen molar-refractivity contribution < 1.29 is 9.26 Å². The zero-order chi connectivity index (χ0) is 19.6. The van der Waals surface area contributed by atoms with E-state index in [1.165, 1.54) is 44.9 Å². The van der Waals surface area contributed by atoms with Crippen LogP contribution in [0.2, 0.25) is 0 Å². The van der Waals surface area contributed by atoms with Gasteiger partial charge >= 0.3 is 0 Å². The van der Waals surface area contributed by atoms with Crippen LogP contribution in [0.1, 0.15) is 57.3 Å². The van der Waals surface area contributed by atoms with Gasteiger partial charge in [-0.25, -0.2) is 0 Å². The second-order valence-corrected chi connectivity index (χ2v) is 9.27. The number of ether oxygens (including phenoxy) is 1. The summed E-state index contributed by atoms with van der Waals surface area (Å²) < 4.78 is 10.6. The molecule has 5 atom stereocenters. The summed E-state index contributed by atoms with van der Waals surface area (Å²) in [6.45, 7) is 1.16. The number of aromatic nitrogens is 2. The molecule has 1 heterocycles. The van der Waals surface area contributed by atoms with Gasteiger partial charge in [-0.05, 0) is 93.0 Å². The van der Waals surface area contributed by atoms with Gasteiger partial charge in [0, 0.05) is 18.0 Å². The Kier molecular flexibility index (Phi) is 5.58. The fraction of sp³-hybridized carbons (Fsp3) is 0.667. The smallest absolute Gasteiger partial charge is 0.226 e. The Balaban J connectivity index is 1.00. The Morgan fingerprint density at radius 2 is 1.90 bits per heavy atom. The Morgan fingerprint density at radius 1 is 1.03 bits per heavy atom. The first kappa shape index (κ1) is 19.1. The minimum atomic E-state index is 0.658. The maximum absolute atomic E-state index is 5.43. The standard InChI is InChI=1S/C24H33N3O2/c1-28-18-11-9-16(10-12-18)24-26-23(29-27-24)8-3-2-4-13-25-22-15-17-14-21(22)20-7-5-6-19(17)20/h9-12,17,19-22,25H,2-8,13-15H2,1H3/t17-,19+,20-,21+,22-/m1/s1. The highest BCUT2D eigenvalue weighted by Gasteiger charge is 2.53. The molecule has 0 spiro atoms. The quantitative estimate of drug-likeness (QED) is 0.614. The van der Waals surface area contributed by atoms with Crippen LogP contribution in [-0.4, -0.2) is 29.8 Å². The van der Waals surface area contributed by atoms with E-state index in [-0.39, 0.29) is 0 Å². The molecule has 0 amide bonds. The van der Waals surface area contributed by atoms with Gasteiger partial charge in [0.2, 0.25) is 11.7 Å². The topological polar surface area (TPSA) is 60.2 Å². The third-order valence-corrected chi connectivity index (χ3v) is 7.72. The molecule has 0 unspecified atom stereocenters. The van der Waals surface area contributed by atoms with Gasteiger partial charge in [0.05, 0.1) is 7.11 Å². The summed E-state index contributed by atoms with van der Waals surface area (Å²) in [6.07, 6.45) is 11.9. The molecule has 1 N–H and O–H groups in total. The molecule has 1 aromatic heterocycles. The SMILES string of the molecule is COc1ccc(-c2noc(CCCCCN[C@@H]3C[C@H]4C[C@H]3[C@@H]3CCC[C@@H]43)n2)cc1. The van der Waals surface area contributed by atoms with E-state index in [9.17, 15) is 0 Å². The van der Waals surface area contributed by atoms with Crippen molar-refractivity contribution in [3.05, 3.63) is 30.2 Å². The van der Waals surface area contributed by atoms with E-state index in [2.05, 4.69) is 15.5 Å². The molecule has 29 heavy (non-hydrogen) atoms. The van der Waals surface area contributed by atoms with E-state index in [1.54, 1.807) is 7.11 Å². The van der Waals surface area contributed by atoms with Crippen molar-refractivity contribution in [3.63, 3.8) is 0 Å². The highest BCUT2D eigenvalue weighted by Crippen LogP contribution is 2.58. The molecule has 3 aliphatic carbocycles. The molecular formula is C24H33N3O2. The fourth-order valence-electron chi connectivity index (χ4n) is 6.38. The zero-order valence-corrected chi connectivity index (χ0v) is 17.5. The van der Waals surface area contributed by atoms with Crippen LogP contribution in [-0.2, 0) is 6.42 Å². The third-order valence-electron chi connectivity index (χ3n) is 7.72. The number of nitrogens with one attached hydrogen (secondary N) is 1. The van der Waals surface area contributed by atoms with E-state index in [1.807, 2.05) is 24.3 Å². The van der Waals surface area contributed by atoms with Gasteiger partial charge in [0.25, 0.3) is 0 Å². The third kappa shape index (κ3) is 3.94. The molecule has 156 valence electrons. The molecule has 5 rings (SSSR count). The maximum Gasteiger partial charge on any atom is 0.226 e. The number of hydrogen-bond donors (Lipinski definition) is 1. The zero-order valence-electron chi connectivity index (χ0n) is 17.5. The molecule has 0 aliphatic heterocycles. The predicted molar refractivity (Wildman–Crippen MR) is 113 cm³/mol. The minimum Gasteiger partial charge on any atom is -0.497 e. The number of benzene rings is 1. The Labute approximate surface area is 173 Å². The fourth-order valence-corrected chi connectivity index (χ4v) is 6.38. The van der Waals surface area contributed by atoms with Crippen molar-refractivity contribution in [3.8, 4) is 17.1 Å². The molecule has 2 aromatic rings. The summed E-state index contributed by atoms with van der Waals surface area (Å²) in [6, 6.07) is 8.57. The van der Waals surface area contributed by atoms with E-state index >= 15 is 0 Å². The van der Waals surface area contributed by atoms with Gasteiger partial charge in [-0.1, -0.05) is 18.0 Å². The highest BCUT2D eigenvalue weighted by atomic mass is 16.5. The normalized spacial score (nSPS) is 30.0. The lowest BCUT2D eigenvalue weighted by Crippen LogP contribution is -2.39. The summed E-state index contributed by atoms with van der Waals surface area (Å²) in [5.41, 5.74) is 0.959. The lowest BCUT2D eigenvalue weighted by Gasteiger charge is -2.32. The molecule has 2 bridgehead atoms. The Hall–Kier alpha value is -1.88. The lowest BCUT2D eigenvalue weighted by atomic mass is 9.79. The largest absolute Gasteiger partial charge is 0.497 e. The van der Waals surface area contributed by atoms with Crippen LogP contribution in [0.4, 0.5) is 0 Å². The van der Waals surface area contributed by atoms with Crippen molar-refractivity contribution in [1.82, 2.24) is 15.5 Å². The number of nitrogens with zero attached hydrogens (tertiary/aromatic N) is 2. The van der Waals surface area contributed by atoms with Crippen molar-refractivity contribution in [2.45, 2.75) is 63.8 Å². The maximum atomic E-state index is 5.43. The van der Waals surface area contributed by atoms with Gasteiger partial charge in [-0.15, -0.1) is 0 Å². The average Bonchev–Trinajstić information content (AvgIpc) is 3.53. The molecule has 0 radical (unpaired) electrons. The minimum absolute atomic E-state index is 0.658. The van der Waals surface area contributed by atoms with E-state index in [0.717, 1.165) is 66.3 Å². The van der Waals surface area contributed by atoms with Crippen LogP contribution >= 0.6 is 0 Å². The number of methoxy groups -OCH3 is 1. The average molecular weight is 396 g/mol. The lowest BCUT2D eigenvalue weighted by molar-refractivity contribution is 0.208. The van der Waals surface area contributed by atoms with E-state index in [4.69, 9.17) is 9.26 Å². The first-order valence-electron chi connectivity index (χ1n) is 11.5. The Bertz CT molecular complexity index is 803. The predicted octanol–water partition coefficient (Wildman–Crippen LogP) is 4.87. The number of fused-ring (bicyclic) bond motifs is 5. The molecule has 1 aromatic carbocycles. The summed E-state index contributed by atoms with van der Waals surface area (Å²) >= 11 is 0. The van der Waals surface area contributed by atoms with Gasteiger partial charge in [-0.3, -0.25) is 0 Å². The Morgan fingerprint density at radius 3 is 2.76 bits per heavy atom. The van der Waals surface area contributed by atoms with Crippen molar-refractivity contribution in [1.29, 1.82) is 0 Å². The summed E-state index contributed by atoms with van der Waals surface area (Å²) in [5, 5.41) is 8.02. The number of hydrogen-bond acceptors (Lipinski definition) is 5. The second kappa shape index (κ2) is 8.47. The first-order valence-corrected chi connectivity index (χ1v) is 11.5. The van der Waals surface area contributed by atoms with E-state index < -0.39 is 0 Å². The second-order valence-electron chi connectivity index (χ2n) is 9.27. The van der Waals surface area contributed by atoms with Crippen LogP contribution in [0.25, 0.3) is 11.4 Å². The molecule has 0 saturated heterocycles. The van der Waals surface area contributed by atoms with Crippen molar-refractivity contribution >= 4 is 0 Å². The van der Waals surface area contributed by atoms with Crippen LogP contribution in [0, 0.1) is 23.7 Å². The van der Waals surface area contributed by atoms with Gasteiger partial charge in [0.15, 0.2) is 0 Å². The molecule has 3 saturated carbocycles. The van der Waals surface area contributed by atoms with Crippen LogP contribution in [0.5, 0.6) is 5.75 Å². The summed E-state index contributed by atoms with van der Waals surface area (Å²) in [5.74, 6) is 6.41. The van der Waals surface area contributed by atoms with Crippen molar-refractivity contribution in [2.24, 2.45) is 23.7 Å². The van der Waals surface area contributed by atoms with Gasteiger partial charge < -0.3 is 14.6 Å².